The molecule has 2 amide bonds. The highest BCUT2D eigenvalue weighted by molar-refractivity contribution is 6.31. The first-order valence-corrected chi connectivity index (χ1v) is 7.81. The molecule has 0 radical (unpaired) electrons. The minimum Gasteiger partial charge on any atom is -0.396 e. The Morgan fingerprint density at radius 1 is 1.32 bits per heavy atom. The average Bonchev–Trinajstić information content (AvgIpc) is 2.48. The van der Waals surface area contributed by atoms with Crippen molar-refractivity contribution in [3.63, 3.8) is 0 Å². The zero-order valence-electron chi connectivity index (χ0n) is 13.1. The second kappa shape index (κ2) is 9.43. The topological polar surface area (TPSA) is 69.6 Å². The van der Waals surface area contributed by atoms with Crippen LogP contribution in [0.4, 0.5) is 5.69 Å². The average molecular weight is 327 g/mol. The third-order valence-electron chi connectivity index (χ3n) is 3.42. The summed E-state index contributed by atoms with van der Waals surface area (Å²) < 4.78 is 0. The lowest BCUT2D eigenvalue weighted by atomic mass is 10.2. The van der Waals surface area contributed by atoms with Crippen molar-refractivity contribution in [2.24, 2.45) is 0 Å². The number of hydrogen-bond acceptors (Lipinski definition) is 3. The summed E-state index contributed by atoms with van der Waals surface area (Å²) in [7, 11) is 0. The number of aliphatic hydroxyl groups excluding tert-OH is 1. The van der Waals surface area contributed by atoms with Crippen LogP contribution in [0, 0.1) is 6.92 Å². The van der Waals surface area contributed by atoms with Gasteiger partial charge in [0, 0.05) is 30.4 Å². The van der Waals surface area contributed by atoms with Gasteiger partial charge in [0.2, 0.25) is 11.8 Å². The lowest BCUT2D eigenvalue weighted by Gasteiger charge is -2.20. The van der Waals surface area contributed by atoms with Gasteiger partial charge in [-0.2, -0.15) is 0 Å². The maximum Gasteiger partial charge on any atom is 0.233 e. The van der Waals surface area contributed by atoms with Crippen molar-refractivity contribution in [3.8, 4) is 0 Å². The number of aliphatic hydroxyl groups is 1. The second-order valence-corrected chi connectivity index (χ2v) is 5.45. The van der Waals surface area contributed by atoms with Gasteiger partial charge < -0.3 is 15.3 Å². The largest absolute Gasteiger partial charge is 0.396 e. The molecule has 122 valence electrons. The Kier molecular flexibility index (Phi) is 7.91. The van der Waals surface area contributed by atoms with Crippen LogP contribution in [0.3, 0.4) is 0 Å². The summed E-state index contributed by atoms with van der Waals surface area (Å²) in [5.74, 6) is -0.561. The van der Waals surface area contributed by atoms with Crippen molar-refractivity contribution in [2.45, 2.75) is 33.1 Å². The van der Waals surface area contributed by atoms with E-state index in [1.54, 1.807) is 23.1 Å². The van der Waals surface area contributed by atoms with Gasteiger partial charge in [0.25, 0.3) is 0 Å². The van der Waals surface area contributed by atoms with Crippen LogP contribution in [0.25, 0.3) is 0 Å². The fourth-order valence-electron chi connectivity index (χ4n) is 2.06. The third-order valence-corrected chi connectivity index (χ3v) is 3.83. The van der Waals surface area contributed by atoms with Gasteiger partial charge in [0.1, 0.15) is 6.42 Å². The van der Waals surface area contributed by atoms with E-state index in [9.17, 15) is 9.59 Å². The number of carbonyl (C=O) groups excluding carboxylic acids is 2. The summed E-state index contributed by atoms with van der Waals surface area (Å²) in [6.07, 6.45) is 1.18. The van der Waals surface area contributed by atoms with Crippen LogP contribution in [0.2, 0.25) is 5.02 Å². The van der Waals surface area contributed by atoms with Crippen LogP contribution in [0.15, 0.2) is 18.2 Å². The van der Waals surface area contributed by atoms with Gasteiger partial charge in [-0.15, -0.1) is 0 Å². The minimum absolute atomic E-state index is 0.111. The first-order valence-electron chi connectivity index (χ1n) is 7.43. The number of amides is 2. The number of unbranched alkanes of at least 4 members (excludes halogenated alkanes) is 1. The number of halogens is 1. The maximum absolute atomic E-state index is 12.1. The normalized spacial score (nSPS) is 10.4. The molecule has 0 atom stereocenters. The molecular formula is C16H23ClN2O3. The molecule has 1 aromatic rings. The van der Waals surface area contributed by atoms with Crippen LogP contribution in [-0.4, -0.2) is 41.5 Å². The van der Waals surface area contributed by atoms with Gasteiger partial charge in [-0.05, 0) is 44.4 Å². The van der Waals surface area contributed by atoms with E-state index >= 15 is 0 Å². The van der Waals surface area contributed by atoms with Crippen molar-refractivity contribution < 1.29 is 14.7 Å². The molecular weight excluding hydrogens is 304 g/mol. The van der Waals surface area contributed by atoms with Crippen molar-refractivity contribution in [1.82, 2.24) is 4.90 Å². The molecule has 6 heteroatoms. The van der Waals surface area contributed by atoms with Crippen molar-refractivity contribution in [2.75, 3.05) is 25.0 Å². The fourth-order valence-corrected chi connectivity index (χ4v) is 2.23. The predicted molar refractivity (Wildman–Crippen MR) is 88.0 cm³/mol. The minimum atomic E-state index is -0.351. The number of hydrogen-bond donors (Lipinski definition) is 2. The van der Waals surface area contributed by atoms with Gasteiger partial charge in [-0.3, -0.25) is 9.59 Å². The molecule has 0 saturated carbocycles. The molecule has 5 nitrogen and oxygen atoms in total. The van der Waals surface area contributed by atoms with E-state index in [1.807, 2.05) is 13.8 Å². The van der Waals surface area contributed by atoms with Crippen LogP contribution >= 0.6 is 11.6 Å². The smallest absolute Gasteiger partial charge is 0.233 e. The molecule has 0 bridgehead atoms. The van der Waals surface area contributed by atoms with E-state index in [4.69, 9.17) is 16.7 Å². The molecule has 22 heavy (non-hydrogen) atoms. The van der Waals surface area contributed by atoms with Crippen LogP contribution in [0.1, 0.15) is 31.7 Å². The molecule has 0 heterocycles. The van der Waals surface area contributed by atoms with Crippen molar-refractivity contribution in [3.05, 3.63) is 28.8 Å². The highest BCUT2D eigenvalue weighted by Gasteiger charge is 2.16. The highest BCUT2D eigenvalue weighted by atomic mass is 35.5. The monoisotopic (exact) mass is 326 g/mol. The number of carbonyl (C=O) groups is 2. The Labute approximate surface area is 136 Å². The predicted octanol–water partition coefficient (Wildman–Crippen LogP) is 2.60. The zero-order chi connectivity index (χ0) is 16.5. The molecule has 0 spiro atoms. The van der Waals surface area contributed by atoms with Crippen LogP contribution < -0.4 is 5.32 Å². The van der Waals surface area contributed by atoms with Crippen molar-refractivity contribution in [1.29, 1.82) is 0 Å². The number of anilines is 1. The van der Waals surface area contributed by atoms with Crippen LogP contribution in [0.5, 0.6) is 0 Å². The fraction of sp³-hybridized carbons (Fsp3) is 0.500. The van der Waals surface area contributed by atoms with E-state index in [2.05, 4.69) is 5.32 Å². The molecule has 0 fully saturated rings. The third kappa shape index (κ3) is 5.66. The molecule has 0 unspecified atom stereocenters. The van der Waals surface area contributed by atoms with E-state index in [0.29, 0.717) is 30.2 Å². The number of benzene rings is 1. The summed E-state index contributed by atoms with van der Waals surface area (Å²) in [5, 5.41) is 12.1. The van der Waals surface area contributed by atoms with Crippen LogP contribution in [-0.2, 0) is 9.59 Å². The van der Waals surface area contributed by atoms with Gasteiger partial charge in [-0.1, -0.05) is 17.7 Å². The number of rotatable bonds is 8. The first kappa shape index (κ1) is 18.5. The van der Waals surface area contributed by atoms with Gasteiger partial charge >= 0.3 is 0 Å². The molecule has 0 saturated heterocycles. The lowest BCUT2D eigenvalue weighted by molar-refractivity contribution is -0.134. The van der Waals surface area contributed by atoms with Gasteiger partial charge in [-0.25, -0.2) is 0 Å². The Hall–Kier alpha value is -1.59. The van der Waals surface area contributed by atoms with Crippen molar-refractivity contribution >= 4 is 29.1 Å². The van der Waals surface area contributed by atoms with E-state index in [1.165, 1.54) is 0 Å². The lowest BCUT2D eigenvalue weighted by Crippen LogP contribution is -2.34. The highest BCUT2D eigenvalue weighted by Crippen LogP contribution is 2.23. The summed E-state index contributed by atoms with van der Waals surface area (Å²) in [6.45, 7) is 4.90. The van der Waals surface area contributed by atoms with Gasteiger partial charge in [0.05, 0.1) is 0 Å². The summed E-state index contributed by atoms with van der Waals surface area (Å²) in [6, 6.07) is 5.25. The number of nitrogens with one attached hydrogen (secondary N) is 1. The summed E-state index contributed by atoms with van der Waals surface area (Å²) in [5.41, 5.74) is 1.40. The summed E-state index contributed by atoms with van der Waals surface area (Å²) in [4.78, 5) is 25.7. The quantitative estimate of drug-likeness (QED) is 0.570. The zero-order valence-corrected chi connectivity index (χ0v) is 13.8. The molecule has 2 N–H and O–H groups in total. The molecule has 1 rings (SSSR count). The number of nitrogens with zero attached hydrogens (tertiary/aromatic N) is 1. The van der Waals surface area contributed by atoms with E-state index in [0.717, 1.165) is 12.0 Å². The Morgan fingerprint density at radius 2 is 2.05 bits per heavy atom. The van der Waals surface area contributed by atoms with E-state index < -0.39 is 0 Å². The second-order valence-electron chi connectivity index (χ2n) is 5.04. The Bertz CT molecular complexity index is 520. The first-order chi connectivity index (χ1) is 10.5. The standard InChI is InChI=1S/C16H23ClN2O3/c1-3-19(9-4-5-10-20)16(22)11-15(21)18-14-8-6-7-13(17)12(14)2/h6-8,20H,3-5,9-11H2,1-2H3,(H,18,21). The SMILES string of the molecule is CCN(CCCCO)C(=O)CC(=O)Nc1cccc(Cl)c1C. The molecule has 0 aliphatic carbocycles. The van der Waals surface area contributed by atoms with E-state index in [-0.39, 0.29) is 24.8 Å². The Balaban J connectivity index is 2.56. The molecule has 0 aromatic heterocycles. The maximum atomic E-state index is 12.1. The summed E-state index contributed by atoms with van der Waals surface area (Å²) >= 11 is 6.00. The molecule has 0 aliphatic heterocycles. The molecule has 1 aromatic carbocycles. The molecule has 0 aliphatic rings. The Morgan fingerprint density at radius 3 is 2.68 bits per heavy atom. The van der Waals surface area contributed by atoms with Gasteiger partial charge in [0.15, 0.2) is 0 Å².